The predicted molar refractivity (Wildman–Crippen MR) is 370 cm³/mol. The number of hydrogen-bond donors (Lipinski definition) is 0. The van der Waals surface area contributed by atoms with Gasteiger partial charge in [-0.2, -0.15) is 0 Å². The summed E-state index contributed by atoms with van der Waals surface area (Å²) < 4.78 is 0. The van der Waals surface area contributed by atoms with Crippen LogP contribution in [0.2, 0.25) is 0 Å². The lowest BCUT2D eigenvalue weighted by Crippen LogP contribution is -2.51. The van der Waals surface area contributed by atoms with E-state index in [1.807, 2.05) is 0 Å². The van der Waals surface area contributed by atoms with Crippen molar-refractivity contribution in [3.8, 4) is 0 Å². The maximum absolute atomic E-state index is 13.7. The summed E-state index contributed by atoms with van der Waals surface area (Å²) in [6, 6.07) is 40.0. The van der Waals surface area contributed by atoms with Crippen LogP contribution >= 0.6 is 0 Å². The molecule has 5 saturated heterocycles. The molecule has 516 valence electrons. The fraction of sp³-hybridized carbons (Fsp3) is 0.385. The van der Waals surface area contributed by atoms with Crippen LogP contribution in [0.25, 0.3) is 0 Å². The average Bonchev–Trinajstić information content (AvgIpc) is 1.22. The van der Waals surface area contributed by atoms with Crippen LogP contribution in [-0.4, -0.2) is 251 Å². The highest BCUT2D eigenvalue weighted by Crippen LogP contribution is 2.30. The number of carbonyl (C=O) groups is 12. The Labute approximate surface area is 581 Å². The highest BCUT2D eigenvalue weighted by molar-refractivity contribution is 6.04. The van der Waals surface area contributed by atoms with Gasteiger partial charge in [0, 0.05) is 209 Å². The van der Waals surface area contributed by atoms with Gasteiger partial charge in [0.25, 0.3) is 59.1 Å². The summed E-state index contributed by atoms with van der Waals surface area (Å²) in [5.41, 5.74) is 5.63. The van der Waals surface area contributed by atoms with E-state index >= 15 is 0 Å². The van der Waals surface area contributed by atoms with E-state index in [2.05, 4.69) is 0 Å². The summed E-state index contributed by atoms with van der Waals surface area (Å²) in [7, 11) is 0. The quantitative estimate of drug-likeness (QED) is 0.0969. The van der Waals surface area contributed by atoms with Crippen LogP contribution in [0.1, 0.15) is 176 Å². The number of ketones is 2. The molecule has 0 N–H and O–H groups in total. The standard InChI is InChI=1S/C78H82N10O12/c89-67(53-5-1-2-6-53)55-9-13-57(14-10-55)69(91)79-33-37-81(38-34-79)71(93)59-17-21-61(22-18-59)73(95)83-41-45-85(46-42-83)75(97)63-25-29-65(30-26-63)77(99)87-49-51-88(52-50-87)78(100)66-31-27-64(28-32-66)76(98)86-47-43-84(44-48-86)74(96)62-23-19-60(20-24-62)72(94)82-39-35-80(36-40-82)70(92)58-15-11-56(12-16-58)68(90)54-7-3-4-8-54/h9-32,53-54H,1-8,33-52H2. The minimum Gasteiger partial charge on any atom is -0.335 e. The Balaban J connectivity index is 0.499. The zero-order valence-electron chi connectivity index (χ0n) is 56.2. The van der Waals surface area contributed by atoms with Gasteiger partial charge in [-0.15, -0.1) is 0 Å². The average molecular weight is 1350 g/mol. The maximum atomic E-state index is 13.7. The number of hydrogen-bond acceptors (Lipinski definition) is 12. The van der Waals surface area contributed by atoms with Crippen molar-refractivity contribution >= 4 is 70.6 Å². The molecule has 6 aromatic rings. The van der Waals surface area contributed by atoms with Crippen LogP contribution < -0.4 is 0 Å². The molecule has 22 heteroatoms. The second-order valence-corrected chi connectivity index (χ2v) is 27.1. The lowest BCUT2D eigenvalue weighted by Gasteiger charge is -2.35. The molecule has 0 unspecified atom stereocenters. The second-order valence-electron chi connectivity index (χ2n) is 27.1. The van der Waals surface area contributed by atoms with Gasteiger partial charge in [-0.25, -0.2) is 0 Å². The molecule has 0 spiro atoms. The van der Waals surface area contributed by atoms with Crippen LogP contribution in [0.5, 0.6) is 0 Å². The highest BCUT2D eigenvalue weighted by atomic mass is 16.2. The van der Waals surface area contributed by atoms with E-state index in [1.54, 1.807) is 195 Å². The summed E-state index contributed by atoms with van der Waals surface area (Å²) in [5.74, 6) is -1.54. The molecule has 0 atom stereocenters. The Kier molecular flexibility index (Phi) is 20.5. The molecule has 2 aliphatic carbocycles. The third-order valence-electron chi connectivity index (χ3n) is 21.1. The SMILES string of the molecule is O=C(c1ccc(C(=O)N2CCN(C(=O)c3ccc(C(=O)N4CCN(C(=O)c5ccc(C(=O)N6CCN(C(=O)c7ccc(C(=O)N8CCN(C(=O)c9ccc(C(=O)N%10CCN(C(=O)c%11ccc(C(=O)C%12CCCC%12)cc%11)CC%10)cc9)CC8)cc7)CC6)cc5)CC4)cc3)CC2)cc1)C1CCCC1. The van der Waals surface area contributed by atoms with E-state index < -0.39 is 0 Å². The first-order chi connectivity index (χ1) is 48.5. The summed E-state index contributed by atoms with van der Waals surface area (Å²) in [6.07, 6.45) is 7.97. The number of benzene rings is 6. The molecule has 6 aromatic carbocycles. The van der Waals surface area contributed by atoms with Crippen LogP contribution in [0.3, 0.4) is 0 Å². The molecule has 0 bridgehead atoms. The number of Topliss-reactive ketones (excluding diaryl/α,β-unsaturated/α-hetero) is 2. The van der Waals surface area contributed by atoms with Gasteiger partial charge in [-0.3, -0.25) is 57.5 Å². The summed E-state index contributed by atoms with van der Waals surface area (Å²) in [4.78, 5) is 178. The largest absolute Gasteiger partial charge is 0.335 e. The molecule has 2 saturated carbocycles. The molecular formula is C78H82N10O12. The molecule has 7 aliphatic rings. The number of piperazine rings is 5. The fourth-order valence-corrected chi connectivity index (χ4v) is 14.8. The molecule has 0 radical (unpaired) electrons. The molecule has 10 amide bonds. The van der Waals surface area contributed by atoms with Crippen molar-refractivity contribution in [2.75, 3.05) is 131 Å². The predicted octanol–water partition coefficient (Wildman–Crippen LogP) is 7.42. The van der Waals surface area contributed by atoms with Crippen LogP contribution in [0.15, 0.2) is 146 Å². The molecule has 7 fully saturated rings. The molecule has 100 heavy (non-hydrogen) atoms. The van der Waals surface area contributed by atoms with Crippen molar-refractivity contribution < 1.29 is 57.5 Å². The lowest BCUT2D eigenvalue weighted by atomic mass is 9.95. The van der Waals surface area contributed by atoms with E-state index in [4.69, 9.17) is 0 Å². The van der Waals surface area contributed by atoms with Gasteiger partial charge in [0.15, 0.2) is 11.6 Å². The van der Waals surface area contributed by atoms with Gasteiger partial charge in [-0.05, 0) is 147 Å². The van der Waals surface area contributed by atoms with Gasteiger partial charge in [0.05, 0.1) is 0 Å². The van der Waals surface area contributed by atoms with Gasteiger partial charge >= 0.3 is 0 Å². The number of rotatable bonds is 14. The third-order valence-corrected chi connectivity index (χ3v) is 21.1. The monoisotopic (exact) mass is 1350 g/mol. The Morgan fingerprint density at radius 1 is 0.170 bits per heavy atom. The van der Waals surface area contributed by atoms with E-state index in [0.717, 1.165) is 51.4 Å². The number of carbonyl (C=O) groups excluding carboxylic acids is 12. The number of amides is 10. The Bertz CT molecular complexity index is 3830. The summed E-state index contributed by atoms with van der Waals surface area (Å²) in [5, 5.41) is 0. The van der Waals surface area contributed by atoms with Gasteiger partial charge < -0.3 is 49.0 Å². The van der Waals surface area contributed by atoms with E-state index in [0.29, 0.717) is 198 Å². The van der Waals surface area contributed by atoms with Gasteiger partial charge in [0.1, 0.15) is 0 Å². The van der Waals surface area contributed by atoms with Crippen LogP contribution in [0, 0.1) is 11.8 Å². The Hall–Kier alpha value is -10.6. The zero-order valence-corrected chi connectivity index (χ0v) is 56.2. The van der Waals surface area contributed by atoms with Gasteiger partial charge in [0.2, 0.25) is 0 Å². The lowest BCUT2D eigenvalue weighted by molar-refractivity contribution is 0.0531. The molecule has 13 rings (SSSR count). The topological polar surface area (TPSA) is 237 Å². The van der Waals surface area contributed by atoms with E-state index in [9.17, 15) is 57.5 Å². The summed E-state index contributed by atoms with van der Waals surface area (Å²) in [6.45, 7) is 6.54. The minimum atomic E-state index is -0.224. The smallest absolute Gasteiger partial charge is 0.253 e. The molecule has 5 heterocycles. The van der Waals surface area contributed by atoms with Crippen molar-refractivity contribution in [1.29, 1.82) is 0 Å². The van der Waals surface area contributed by atoms with Crippen molar-refractivity contribution in [1.82, 2.24) is 49.0 Å². The van der Waals surface area contributed by atoms with E-state index in [-0.39, 0.29) is 82.5 Å². The van der Waals surface area contributed by atoms with Crippen molar-refractivity contribution in [2.24, 2.45) is 11.8 Å². The molecule has 5 aliphatic heterocycles. The van der Waals surface area contributed by atoms with Crippen molar-refractivity contribution in [3.63, 3.8) is 0 Å². The molecular weight excluding hydrogens is 1270 g/mol. The first kappa shape index (κ1) is 67.9. The fourth-order valence-electron chi connectivity index (χ4n) is 14.8. The maximum Gasteiger partial charge on any atom is 0.253 e. The summed E-state index contributed by atoms with van der Waals surface area (Å²) >= 11 is 0. The number of nitrogens with zero attached hydrogens (tertiary/aromatic N) is 10. The highest BCUT2D eigenvalue weighted by Gasteiger charge is 2.34. The normalized spacial score (nSPS) is 17.9. The third kappa shape index (κ3) is 14.9. The Morgan fingerprint density at radius 2 is 0.270 bits per heavy atom. The van der Waals surface area contributed by atoms with Crippen LogP contribution in [0.4, 0.5) is 0 Å². The minimum absolute atomic E-state index is 0.0681. The molecule has 22 nitrogen and oxygen atoms in total. The van der Waals surface area contributed by atoms with Gasteiger partial charge in [-0.1, -0.05) is 49.9 Å². The first-order valence-corrected chi connectivity index (χ1v) is 35.1. The van der Waals surface area contributed by atoms with Crippen molar-refractivity contribution in [2.45, 2.75) is 51.4 Å². The van der Waals surface area contributed by atoms with Crippen molar-refractivity contribution in [3.05, 3.63) is 212 Å². The zero-order chi connectivity index (χ0) is 69.6. The second kappa shape index (κ2) is 30.2. The Morgan fingerprint density at radius 3 is 0.380 bits per heavy atom. The van der Waals surface area contributed by atoms with Crippen LogP contribution in [-0.2, 0) is 0 Å². The first-order valence-electron chi connectivity index (χ1n) is 35.1. The molecule has 0 aromatic heterocycles. The van der Waals surface area contributed by atoms with E-state index in [1.165, 1.54) is 0 Å².